The second kappa shape index (κ2) is 11.8. The SMILES string of the molecule is CCNC(=NCc1ncc(C(C)(C)C)o1)NCCCNS(=O)(=O)CC.I. The van der Waals surface area contributed by atoms with Gasteiger partial charge in [0.1, 0.15) is 12.3 Å². The van der Waals surface area contributed by atoms with Crippen LogP contribution in [-0.2, 0) is 22.0 Å². The molecular formula is C16H32IN5O3S. The molecule has 3 N–H and O–H groups in total. The Morgan fingerprint density at radius 3 is 2.46 bits per heavy atom. The van der Waals surface area contributed by atoms with E-state index < -0.39 is 10.0 Å². The summed E-state index contributed by atoms with van der Waals surface area (Å²) in [5, 5.41) is 6.31. The Morgan fingerprint density at radius 2 is 1.92 bits per heavy atom. The van der Waals surface area contributed by atoms with E-state index in [-0.39, 0.29) is 35.1 Å². The molecule has 0 unspecified atom stereocenters. The van der Waals surface area contributed by atoms with Gasteiger partial charge in [0.25, 0.3) is 0 Å². The summed E-state index contributed by atoms with van der Waals surface area (Å²) in [6.45, 7) is 11.9. The van der Waals surface area contributed by atoms with Gasteiger partial charge in [0.05, 0.1) is 11.9 Å². The van der Waals surface area contributed by atoms with Gasteiger partial charge in [-0.2, -0.15) is 0 Å². The molecular weight excluding hydrogens is 469 g/mol. The summed E-state index contributed by atoms with van der Waals surface area (Å²) in [4.78, 5) is 8.70. The maximum atomic E-state index is 11.3. The molecule has 1 aromatic rings. The predicted molar refractivity (Wildman–Crippen MR) is 116 cm³/mol. The molecule has 0 amide bonds. The predicted octanol–water partition coefficient (Wildman–Crippen LogP) is 1.97. The Hall–Kier alpha value is -0.880. The van der Waals surface area contributed by atoms with E-state index in [1.807, 2.05) is 6.92 Å². The minimum absolute atomic E-state index is 0. The fraction of sp³-hybridized carbons (Fsp3) is 0.750. The summed E-state index contributed by atoms with van der Waals surface area (Å²) in [6.07, 6.45) is 2.40. The van der Waals surface area contributed by atoms with Crippen LogP contribution in [0.2, 0.25) is 0 Å². The molecule has 0 bridgehead atoms. The molecule has 10 heteroatoms. The molecule has 26 heavy (non-hydrogen) atoms. The largest absolute Gasteiger partial charge is 0.443 e. The first-order valence-corrected chi connectivity index (χ1v) is 10.3. The van der Waals surface area contributed by atoms with Crippen molar-refractivity contribution in [3.05, 3.63) is 17.8 Å². The first-order chi connectivity index (χ1) is 11.7. The first-order valence-electron chi connectivity index (χ1n) is 8.62. The van der Waals surface area contributed by atoms with E-state index >= 15 is 0 Å². The standard InChI is InChI=1S/C16H31N5O3S.HI/c1-6-17-15(18-9-8-10-21-25(22,23)7-2)20-12-14-19-11-13(24-14)16(3,4)5;/h11,21H,6-10,12H2,1-5H3,(H2,17,18,20);1H. The van der Waals surface area contributed by atoms with E-state index in [4.69, 9.17) is 4.42 Å². The van der Waals surface area contributed by atoms with Gasteiger partial charge in [-0.1, -0.05) is 20.8 Å². The minimum atomic E-state index is -3.13. The highest BCUT2D eigenvalue weighted by Crippen LogP contribution is 2.22. The van der Waals surface area contributed by atoms with Crippen LogP contribution in [-0.4, -0.2) is 44.7 Å². The number of aromatic nitrogens is 1. The summed E-state index contributed by atoms with van der Waals surface area (Å²) in [5.41, 5.74) is -0.0798. The van der Waals surface area contributed by atoms with Crippen molar-refractivity contribution in [1.82, 2.24) is 20.3 Å². The zero-order valence-corrected chi connectivity index (χ0v) is 19.4. The Balaban J connectivity index is 0.00000625. The van der Waals surface area contributed by atoms with Crippen LogP contribution >= 0.6 is 24.0 Å². The van der Waals surface area contributed by atoms with Gasteiger partial charge in [-0.15, -0.1) is 24.0 Å². The Bertz CT molecular complexity index is 653. The molecule has 0 radical (unpaired) electrons. The smallest absolute Gasteiger partial charge is 0.216 e. The van der Waals surface area contributed by atoms with Crippen LogP contribution in [0.5, 0.6) is 0 Å². The lowest BCUT2D eigenvalue weighted by Gasteiger charge is -2.13. The number of nitrogens with zero attached hydrogens (tertiary/aromatic N) is 2. The van der Waals surface area contributed by atoms with E-state index in [1.54, 1.807) is 13.1 Å². The molecule has 0 spiro atoms. The number of nitrogens with one attached hydrogen (secondary N) is 3. The summed E-state index contributed by atoms with van der Waals surface area (Å²) in [7, 11) is -3.13. The Kier molecular flexibility index (Phi) is 11.4. The monoisotopic (exact) mass is 501 g/mol. The van der Waals surface area contributed by atoms with Gasteiger partial charge in [0.15, 0.2) is 5.96 Å². The van der Waals surface area contributed by atoms with E-state index in [0.717, 1.165) is 12.3 Å². The highest BCUT2D eigenvalue weighted by atomic mass is 127. The zero-order valence-electron chi connectivity index (χ0n) is 16.3. The maximum absolute atomic E-state index is 11.3. The fourth-order valence-corrected chi connectivity index (χ4v) is 2.50. The van der Waals surface area contributed by atoms with Crippen molar-refractivity contribution < 1.29 is 12.8 Å². The number of aliphatic imine (C=N–C) groups is 1. The van der Waals surface area contributed by atoms with Crippen LogP contribution in [0.3, 0.4) is 0 Å². The van der Waals surface area contributed by atoms with E-state index in [0.29, 0.717) is 37.9 Å². The maximum Gasteiger partial charge on any atom is 0.216 e. The minimum Gasteiger partial charge on any atom is -0.443 e. The number of hydrogen-bond acceptors (Lipinski definition) is 5. The number of halogens is 1. The van der Waals surface area contributed by atoms with Crippen molar-refractivity contribution in [3.63, 3.8) is 0 Å². The molecule has 1 aromatic heterocycles. The average molecular weight is 501 g/mol. The van der Waals surface area contributed by atoms with Crippen LogP contribution in [0.1, 0.15) is 52.7 Å². The van der Waals surface area contributed by atoms with Crippen LogP contribution < -0.4 is 15.4 Å². The van der Waals surface area contributed by atoms with Crippen LogP contribution in [0, 0.1) is 0 Å². The summed E-state index contributed by atoms with van der Waals surface area (Å²) >= 11 is 0. The number of guanidine groups is 1. The van der Waals surface area contributed by atoms with Crippen molar-refractivity contribution >= 4 is 40.0 Å². The lowest BCUT2D eigenvalue weighted by Crippen LogP contribution is -2.38. The number of sulfonamides is 1. The van der Waals surface area contributed by atoms with Gasteiger partial charge in [-0.05, 0) is 20.3 Å². The molecule has 0 atom stereocenters. The van der Waals surface area contributed by atoms with Crippen LogP contribution in [0.15, 0.2) is 15.6 Å². The Labute approximate surface area is 174 Å². The van der Waals surface area contributed by atoms with E-state index in [2.05, 4.69) is 46.1 Å². The third-order valence-electron chi connectivity index (χ3n) is 3.36. The molecule has 0 fully saturated rings. The zero-order chi connectivity index (χ0) is 18.9. The summed E-state index contributed by atoms with van der Waals surface area (Å²) < 4.78 is 30.9. The second-order valence-electron chi connectivity index (χ2n) is 6.64. The highest BCUT2D eigenvalue weighted by Gasteiger charge is 2.19. The van der Waals surface area contributed by atoms with Crippen molar-refractivity contribution in [2.75, 3.05) is 25.4 Å². The van der Waals surface area contributed by atoms with Crippen LogP contribution in [0.4, 0.5) is 0 Å². The van der Waals surface area contributed by atoms with Crippen molar-refractivity contribution in [1.29, 1.82) is 0 Å². The van der Waals surface area contributed by atoms with Crippen molar-refractivity contribution in [2.45, 2.75) is 53.0 Å². The lowest BCUT2D eigenvalue weighted by molar-refractivity contribution is 0.383. The molecule has 0 saturated carbocycles. The highest BCUT2D eigenvalue weighted by molar-refractivity contribution is 14.0. The molecule has 1 rings (SSSR count). The summed E-state index contributed by atoms with van der Waals surface area (Å²) in [5.74, 6) is 2.14. The number of rotatable bonds is 9. The molecule has 0 aliphatic heterocycles. The molecule has 0 aliphatic carbocycles. The molecule has 0 aliphatic rings. The van der Waals surface area contributed by atoms with Gasteiger partial charge < -0.3 is 15.1 Å². The van der Waals surface area contributed by atoms with Crippen molar-refractivity contribution in [2.24, 2.45) is 4.99 Å². The third-order valence-corrected chi connectivity index (χ3v) is 4.76. The third kappa shape index (κ3) is 9.72. The molecule has 8 nitrogen and oxygen atoms in total. The Morgan fingerprint density at radius 1 is 1.23 bits per heavy atom. The molecule has 152 valence electrons. The number of oxazole rings is 1. The molecule has 0 aromatic carbocycles. The quantitative estimate of drug-likeness (QED) is 0.207. The fourth-order valence-electron chi connectivity index (χ4n) is 1.84. The second-order valence-corrected chi connectivity index (χ2v) is 8.74. The average Bonchev–Trinajstić information content (AvgIpc) is 3.01. The van der Waals surface area contributed by atoms with E-state index in [9.17, 15) is 8.42 Å². The first kappa shape index (κ1) is 25.1. The van der Waals surface area contributed by atoms with Gasteiger partial charge in [0.2, 0.25) is 15.9 Å². The van der Waals surface area contributed by atoms with Gasteiger partial charge in [-0.25, -0.2) is 23.1 Å². The van der Waals surface area contributed by atoms with Crippen molar-refractivity contribution in [3.8, 4) is 0 Å². The summed E-state index contributed by atoms with van der Waals surface area (Å²) in [6, 6.07) is 0. The molecule has 0 saturated heterocycles. The van der Waals surface area contributed by atoms with E-state index in [1.165, 1.54) is 0 Å². The molecule has 1 heterocycles. The number of hydrogen-bond donors (Lipinski definition) is 3. The van der Waals surface area contributed by atoms with Crippen LogP contribution in [0.25, 0.3) is 0 Å². The topological polar surface area (TPSA) is 109 Å². The van der Waals surface area contributed by atoms with Gasteiger partial charge in [0, 0.05) is 25.0 Å². The van der Waals surface area contributed by atoms with Gasteiger partial charge >= 0.3 is 0 Å². The normalized spacial score (nSPS) is 12.6. The van der Waals surface area contributed by atoms with Gasteiger partial charge in [-0.3, -0.25) is 0 Å². The lowest BCUT2D eigenvalue weighted by atomic mass is 9.94.